The van der Waals surface area contributed by atoms with Gasteiger partial charge in [-0.1, -0.05) is 12.1 Å². The second kappa shape index (κ2) is 5.13. The zero-order chi connectivity index (χ0) is 14.1. The van der Waals surface area contributed by atoms with Gasteiger partial charge in [0, 0.05) is 11.6 Å². The molecule has 5 heteroatoms. The summed E-state index contributed by atoms with van der Waals surface area (Å²) in [6.07, 6.45) is 3.36. The van der Waals surface area contributed by atoms with Crippen molar-refractivity contribution in [3.05, 3.63) is 24.3 Å². The van der Waals surface area contributed by atoms with Crippen molar-refractivity contribution >= 4 is 15.7 Å². The lowest BCUT2D eigenvalue weighted by atomic mass is 9.78. The van der Waals surface area contributed by atoms with Crippen LogP contribution in [-0.4, -0.2) is 20.0 Å². The summed E-state index contributed by atoms with van der Waals surface area (Å²) in [6, 6.07) is 6.98. The molecule has 0 heterocycles. The van der Waals surface area contributed by atoms with E-state index >= 15 is 0 Å². The van der Waals surface area contributed by atoms with E-state index in [0.717, 1.165) is 12.8 Å². The zero-order valence-electron chi connectivity index (χ0n) is 11.7. The van der Waals surface area contributed by atoms with Gasteiger partial charge in [-0.3, -0.25) is 0 Å². The van der Waals surface area contributed by atoms with Crippen molar-refractivity contribution in [1.29, 1.82) is 0 Å². The predicted molar refractivity (Wildman–Crippen MR) is 77.8 cm³/mol. The molecule has 0 bridgehead atoms. The molecule has 2 rings (SSSR count). The largest absolute Gasteiger partial charge is 0.379 e. The van der Waals surface area contributed by atoms with Gasteiger partial charge in [-0.25, -0.2) is 13.1 Å². The third-order valence-electron chi connectivity index (χ3n) is 3.46. The van der Waals surface area contributed by atoms with Gasteiger partial charge in [0.2, 0.25) is 10.0 Å². The van der Waals surface area contributed by atoms with Crippen LogP contribution in [0, 0.1) is 0 Å². The second-order valence-electron chi connectivity index (χ2n) is 5.81. The Morgan fingerprint density at radius 1 is 1.21 bits per heavy atom. The van der Waals surface area contributed by atoms with E-state index in [2.05, 4.69) is 17.0 Å². The molecule has 0 atom stereocenters. The summed E-state index contributed by atoms with van der Waals surface area (Å²) in [4.78, 5) is 0.330. The molecule has 1 saturated carbocycles. The van der Waals surface area contributed by atoms with E-state index in [1.165, 1.54) is 6.42 Å². The van der Waals surface area contributed by atoms with Gasteiger partial charge in [0.15, 0.2) is 0 Å². The van der Waals surface area contributed by atoms with Gasteiger partial charge in [-0.2, -0.15) is 0 Å². The van der Waals surface area contributed by atoms with E-state index in [1.807, 2.05) is 26.0 Å². The number of benzene rings is 1. The Balaban J connectivity index is 2.30. The van der Waals surface area contributed by atoms with Gasteiger partial charge in [-0.15, -0.1) is 0 Å². The van der Waals surface area contributed by atoms with Crippen LogP contribution >= 0.6 is 0 Å². The summed E-state index contributed by atoms with van der Waals surface area (Å²) < 4.78 is 27.2. The quantitative estimate of drug-likeness (QED) is 0.873. The molecule has 106 valence electrons. The molecule has 0 aliphatic heterocycles. The number of hydrogen-bond donors (Lipinski definition) is 2. The molecular formula is C14H22N2O2S. The maximum atomic E-state index is 12.3. The smallest absolute Gasteiger partial charge is 0.242 e. The first kappa shape index (κ1) is 14.3. The monoisotopic (exact) mass is 282 g/mol. The Morgan fingerprint density at radius 2 is 1.84 bits per heavy atom. The molecule has 0 saturated heterocycles. The molecule has 0 amide bonds. The highest BCUT2D eigenvalue weighted by molar-refractivity contribution is 7.89. The fraction of sp³-hybridized carbons (Fsp3) is 0.571. The molecule has 1 aliphatic rings. The third kappa shape index (κ3) is 3.28. The van der Waals surface area contributed by atoms with Crippen LogP contribution in [0.5, 0.6) is 0 Å². The van der Waals surface area contributed by atoms with Crippen molar-refractivity contribution in [2.24, 2.45) is 0 Å². The predicted octanol–water partition coefficient (Wildman–Crippen LogP) is 2.73. The van der Waals surface area contributed by atoms with Crippen LogP contribution in [0.15, 0.2) is 29.2 Å². The van der Waals surface area contributed by atoms with E-state index < -0.39 is 10.0 Å². The van der Waals surface area contributed by atoms with E-state index in [4.69, 9.17) is 0 Å². The van der Waals surface area contributed by atoms with Gasteiger partial charge in [0.05, 0.1) is 5.69 Å². The van der Waals surface area contributed by atoms with Crippen molar-refractivity contribution in [3.63, 3.8) is 0 Å². The normalized spacial score (nSPS) is 18.1. The van der Waals surface area contributed by atoms with Crippen molar-refractivity contribution in [2.45, 2.75) is 56.5 Å². The summed E-state index contributed by atoms with van der Waals surface area (Å²) in [6.45, 7) is 5.78. The van der Waals surface area contributed by atoms with Gasteiger partial charge >= 0.3 is 0 Å². The topological polar surface area (TPSA) is 58.2 Å². The molecule has 0 radical (unpaired) electrons. The average Bonchev–Trinajstić information content (AvgIpc) is 2.25. The average molecular weight is 282 g/mol. The molecule has 19 heavy (non-hydrogen) atoms. The minimum Gasteiger partial charge on any atom is -0.379 e. The van der Waals surface area contributed by atoms with Gasteiger partial charge in [-0.05, 0) is 52.2 Å². The number of para-hydroxylation sites is 1. The van der Waals surface area contributed by atoms with Crippen LogP contribution in [0.4, 0.5) is 5.69 Å². The van der Waals surface area contributed by atoms with Crippen molar-refractivity contribution in [1.82, 2.24) is 4.72 Å². The van der Waals surface area contributed by atoms with Gasteiger partial charge in [0.25, 0.3) is 0 Å². The van der Waals surface area contributed by atoms with Gasteiger partial charge < -0.3 is 5.32 Å². The van der Waals surface area contributed by atoms with E-state index in [-0.39, 0.29) is 11.6 Å². The third-order valence-corrected chi connectivity index (χ3v) is 5.18. The summed E-state index contributed by atoms with van der Waals surface area (Å²) >= 11 is 0. The zero-order valence-corrected chi connectivity index (χ0v) is 12.5. The summed E-state index contributed by atoms with van der Waals surface area (Å²) in [5.41, 5.74) is 0.724. The highest BCUT2D eigenvalue weighted by Gasteiger charge is 2.33. The summed E-state index contributed by atoms with van der Waals surface area (Å²) in [7, 11) is -3.46. The molecule has 2 N–H and O–H groups in total. The molecular weight excluding hydrogens is 260 g/mol. The first-order valence-corrected chi connectivity index (χ1v) is 8.20. The van der Waals surface area contributed by atoms with Crippen molar-refractivity contribution in [2.75, 3.05) is 5.32 Å². The van der Waals surface area contributed by atoms with Crippen LogP contribution in [0.2, 0.25) is 0 Å². The first-order valence-electron chi connectivity index (χ1n) is 6.72. The minimum atomic E-state index is -3.46. The van der Waals surface area contributed by atoms with Gasteiger partial charge in [0.1, 0.15) is 4.90 Å². The lowest BCUT2D eigenvalue weighted by Crippen LogP contribution is -2.42. The lowest BCUT2D eigenvalue weighted by molar-refractivity contribution is 0.306. The first-order chi connectivity index (χ1) is 8.82. The Hall–Kier alpha value is -1.07. The van der Waals surface area contributed by atoms with Crippen LogP contribution in [0.3, 0.4) is 0 Å². The summed E-state index contributed by atoms with van der Waals surface area (Å²) in [5, 5.41) is 3.38. The Labute approximate surface area is 115 Å². The lowest BCUT2D eigenvalue weighted by Gasteiger charge is -2.40. The summed E-state index contributed by atoms with van der Waals surface area (Å²) in [5.74, 6) is 0. The highest BCUT2D eigenvalue weighted by Crippen LogP contribution is 2.36. The minimum absolute atomic E-state index is 0.0312. The molecule has 1 aromatic carbocycles. The van der Waals surface area contributed by atoms with E-state index in [0.29, 0.717) is 10.6 Å². The number of hydrogen-bond acceptors (Lipinski definition) is 3. The maximum Gasteiger partial charge on any atom is 0.242 e. The van der Waals surface area contributed by atoms with Crippen LogP contribution < -0.4 is 10.0 Å². The van der Waals surface area contributed by atoms with E-state index in [1.54, 1.807) is 12.1 Å². The fourth-order valence-electron chi connectivity index (χ4n) is 2.34. The highest BCUT2D eigenvalue weighted by atomic mass is 32.2. The molecule has 1 aliphatic carbocycles. The van der Waals surface area contributed by atoms with Crippen LogP contribution in [0.1, 0.15) is 40.0 Å². The van der Waals surface area contributed by atoms with Crippen molar-refractivity contribution in [3.8, 4) is 0 Å². The molecule has 0 unspecified atom stereocenters. The number of sulfonamides is 1. The Morgan fingerprint density at radius 3 is 2.37 bits per heavy atom. The molecule has 1 aromatic rings. The SMILES string of the molecule is CC(C)NS(=O)(=O)c1ccccc1NC1(C)CCC1. The van der Waals surface area contributed by atoms with Crippen LogP contribution in [0.25, 0.3) is 0 Å². The molecule has 0 spiro atoms. The fourth-order valence-corrected chi connectivity index (χ4v) is 3.75. The second-order valence-corrected chi connectivity index (χ2v) is 7.49. The van der Waals surface area contributed by atoms with Crippen LogP contribution in [-0.2, 0) is 10.0 Å². The number of anilines is 1. The number of nitrogens with one attached hydrogen (secondary N) is 2. The standard InChI is InChI=1S/C14H22N2O2S/c1-11(2)16-19(17,18)13-8-5-4-7-12(13)15-14(3)9-6-10-14/h4-5,7-8,11,15-16H,6,9-10H2,1-3H3. The van der Waals surface area contributed by atoms with Crippen molar-refractivity contribution < 1.29 is 8.42 Å². The molecule has 1 fully saturated rings. The molecule has 0 aromatic heterocycles. The van der Waals surface area contributed by atoms with E-state index in [9.17, 15) is 8.42 Å². The molecule has 4 nitrogen and oxygen atoms in total. The number of rotatable bonds is 5. The Bertz CT molecular complexity index is 548. The Kier molecular flexibility index (Phi) is 3.87. The maximum absolute atomic E-state index is 12.3.